The molecule has 0 radical (unpaired) electrons. The van der Waals surface area contributed by atoms with Gasteiger partial charge in [0.05, 0.1) is 4.47 Å². The molecule has 1 atom stereocenters. The van der Waals surface area contributed by atoms with Crippen molar-refractivity contribution < 1.29 is 14.6 Å². The predicted octanol–water partition coefficient (Wildman–Crippen LogP) is 2.81. The normalized spacial score (nSPS) is 12.9. The molecule has 1 aromatic carbocycles. The van der Waals surface area contributed by atoms with Crippen LogP contribution in [0.1, 0.15) is 11.7 Å². The molecule has 0 amide bonds. The van der Waals surface area contributed by atoms with Gasteiger partial charge in [-0.2, -0.15) is 0 Å². The van der Waals surface area contributed by atoms with Crippen LogP contribution >= 0.6 is 27.5 Å². The molecule has 0 spiro atoms. The van der Waals surface area contributed by atoms with Crippen LogP contribution in [-0.4, -0.2) is 16.9 Å². The Morgan fingerprint density at radius 1 is 1.54 bits per heavy atom. The molecule has 0 aliphatic heterocycles. The zero-order valence-corrected chi connectivity index (χ0v) is 8.81. The minimum Gasteiger partial charge on any atom is -0.506 e. The number of alkyl halides is 1. The van der Waals surface area contributed by atoms with Crippen molar-refractivity contribution in [3.8, 4) is 5.75 Å². The summed E-state index contributed by atoms with van der Waals surface area (Å²) in [4.78, 5) is 0. The standard InChI is InChI=1S/C8H7BrClFO2/c9-6-2-4(10)1-5(8(6)13)7(12)3-11/h1-2,7,12-13H,3H2. The number of halogens is 3. The first-order chi connectivity index (χ1) is 6.06. The summed E-state index contributed by atoms with van der Waals surface area (Å²) >= 11 is 8.67. The number of hydrogen-bond acceptors (Lipinski definition) is 2. The van der Waals surface area contributed by atoms with Crippen molar-refractivity contribution in [2.24, 2.45) is 0 Å². The lowest BCUT2D eigenvalue weighted by atomic mass is 10.1. The molecule has 0 aliphatic carbocycles. The smallest absolute Gasteiger partial charge is 0.135 e. The second-order valence-electron chi connectivity index (χ2n) is 2.50. The number of aromatic hydroxyl groups is 1. The van der Waals surface area contributed by atoms with Crippen molar-refractivity contribution in [1.29, 1.82) is 0 Å². The van der Waals surface area contributed by atoms with Gasteiger partial charge < -0.3 is 10.2 Å². The van der Waals surface area contributed by atoms with Crippen LogP contribution in [0, 0.1) is 0 Å². The number of aliphatic hydroxyl groups excluding tert-OH is 1. The van der Waals surface area contributed by atoms with Gasteiger partial charge in [0.2, 0.25) is 0 Å². The van der Waals surface area contributed by atoms with Crippen LogP contribution in [-0.2, 0) is 0 Å². The van der Waals surface area contributed by atoms with Crippen LogP contribution in [0.3, 0.4) is 0 Å². The Labute approximate surface area is 88.1 Å². The van der Waals surface area contributed by atoms with Crippen LogP contribution in [0.25, 0.3) is 0 Å². The highest BCUT2D eigenvalue weighted by Crippen LogP contribution is 2.35. The third-order valence-corrected chi connectivity index (χ3v) is 2.39. The lowest BCUT2D eigenvalue weighted by molar-refractivity contribution is 0.138. The van der Waals surface area contributed by atoms with E-state index in [1.54, 1.807) is 0 Å². The SMILES string of the molecule is Oc1c(Br)cc(Cl)cc1C(O)CF. The number of aliphatic hydroxyl groups is 1. The van der Waals surface area contributed by atoms with Crippen molar-refractivity contribution in [2.75, 3.05) is 6.67 Å². The molecule has 0 fully saturated rings. The summed E-state index contributed by atoms with van der Waals surface area (Å²) in [5.41, 5.74) is 0.0851. The van der Waals surface area contributed by atoms with Crippen molar-refractivity contribution in [3.05, 3.63) is 27.2 Å². The van der Waals surface area contributed by atoms with Crippen LogP contribution < -0.4 is 0 Å². The Bertz CT molecular complexity index is 319. The zero-order valence-electron chi connectivity index (χ0n) is 6.47. The fourth-order valence-corrected chi connectivity index (χ4v) is 1.76. The molecular formula is C8H7BrClFO2. The minimum atomic E-state index is -1.34. The lowest BCUT2D eigenvalue weighted by Crippen LogP contribution is -1.99. The number of phenolic OH excluding ortho intramolecular Hbond substituents is 1. The maximum atomic E-state index is 12.1. The van der Waals surface area contributed by atoms with E-state index in [1.807, 2.05) is 0 Å². The summed E-state index contributed by atoms with van der Waals surface area (Å²) in [5, 5.41) is 18.9. The summed E-state index contributed by atoms with van der Waals surface area (Å²) < 4.78 is 12.4. The van der Waals surface area contributed by atoms with E-state index in [2.05, 4.69) is 15.9 Å². The molecule has 72 valence electrons. The first kappa shape index (κ1) is 10.8. The summed E-state index contributed by atoms with van der Waals surface area (Å²) in [6, 6.07) is 2.79. The van der Waals surface area contributed by atoms with E-state index < -0.39 is 12.8 Å². The largest absolute Gasteiger partial charge is 0.506 e. The van der Waals surface area contributed by atoms with Gasteiger partial charge in [-0.1, -0.05) is 11.6 Å². The highest BCUT2D eigenvalue weighted by Gasteiger charge is 2.15. The van der Waals surface area contributed by atoms with Crippen molar-refractivity contribution in [1.82, 2.24) is 0 Å². The molecule has 0 aliphatic rings. The summed E-state index contributed by atoms with van der Waals surface area (Å²) in [6.07, 6.45) is -1.34. The number of benzene rings is 1. The molecular weight excluding hydrogens is 262 g/mol. The molecule has 0 saturated carbocycles. The van der Waals surface area contributed by atoms with Crippen molar-refractivity contribution >= 4 is 27.5 Å². The van der Waals surface area contributed by atoms with Gasteiger partial charge in [0.25, 0.3) is 0 Å². The number of rotatable bonds is 2. The Morgan fingerprint density at radius 3 is 2.69 bits per heavy atom. The molecule has 2 N–H and O–H groups in total. The molecule has 13 heavy (non-hydrogen) atoms. The van der Waals surface area contributed by atoms with Gasteiger partial charge in [-0.15, -0.1) is 0 Å². The average Bonchev–Trinajstić information content (AvgIpc) is 2.10. The second-order valence-corrected chi connectivity index (χ2v) is 3.79. The molecule has 1 rings (SSSR count). The van der Waals surface area contributed by atoms with E-state index in [0.717, 1.165) is 0 Å². The summed E-state index contributed by atoms with van der Waals surface area (Å²) in [5.74, 6) is -0.186. The monoisotopic (exact) mass is 268 g/mol. The summed E-state index contributed by atoms with van der Waals surface area (Å²) in [6.45, 7) is -0.958. The maximum Gasteiger partial charge on any atom is 0.135 e. The van der Waals surface area contributed by atoms with Crippen LogP contribution in [0.2, 0.25) is 5.02 Å². The van der Waals surface area contributed by atoms with Crippen molar-refractivity contribution in [2.45, 2.75) is 6.10 Å². The highest BCUT2D eigenvalue weighted by molar-refractivity contribution is 9.10. The van der Waals surface area contributed by atoms with Gasteiger partial charge in [0, 0.05) is 10.6 Å². The number of hydrogen-bond donors (Lipinski definition) is 2. The van der Waals surface area contributed by atoms with E-state index in [9.17, 15) is 9.50 Å². The van der Waals surface area contributed by atoms with E-state index in [4.69, 9.17) is 16.7 Å². The topological polar surface area (TPSA) is 40.5 Å². The Morgan fingerprint density at radius 2 is 2.15 bits per heavy atom. The van der Waals surface area contributed by atoms with E-state index in [0.29, 0.717) is 9.50 Å². The average molecular weight is 269 g/mol. The van der Waals surface area contributed by atoms with Gasteiger partial charge in [0.15, 0.2) is 0 Å². The summed E-state index contributed by atoms with van der Waals surface area (Å²) in [7, 11) is 0. The van der Waals surface area contributed by atoms with Crippen LogP contribution in [0.15, 0.2) is 16.6 Å². The lowest BCUT2D eigenvalue weighted by Gasteiger charge is -2.10. The molecule has 0 aromatic heterocycles. The highest BCUT2D eigenvalue weighted by atomic mass is 79.9. The van der Waals surface area contributed by atoms with Crippen LogP contribution in [0.5, 0.6) is 5.75 Å². The molecule has 5 heteroatoms. The third kappa shape index (κ3) is 2.33. The Kier molecular flexibility index (Phi) is 3.53. The maximum absolute atomic E-state index is 12.1. The Balaban J connectivity index is 3.20. The molecule has 1 aromatic rings. The molecule has 0 saturated heterocycles. The number of phenols is 1. The van der Waals surface area contributed by atoms with E-state index in [1.165, 1.54) is 12.1 Å². The first-order valence-electron chi connectivity index (χ1n) is 3.48. The molecule has 1 unspecified atom stereocenters. The second kappa shape index (κ2) is 4.26. The van der Waals surface area contributed by atoms with Gasteiger partial charge in [-0.3, -0.25) is 0 Å². The molecule has 0 heterocycles. The van der Waals surface area contributed by atoms with Gasteiger partial charge >= 0.3 is 0 Å². The Hall–Kier alpha value is -0.320. The first-order valence-corrected chi connectivity index (χ1v) is 4.65. The van der Waals surface area contributed by atoms with Gasteiger partial charge in [-0.25, -0.2) is 4.39 Å². The third-order valence-electron chi connectivity index (χ3n) is 1.56. The zero-order chi connectivity index (χ0) is 10.0. The van der Waals surface area contributed by atoms with Crippen molar-refractivity contribution in [3.63, 3.8) is 0 Å². The van der Waals surface area contributed by atoms with Gasteiger partial charge in [0.1, 0.15) is 18.5 Å². The fourth-order valence-electron chi connectivity index (χ4n) is 0.923. The molecule has 0 bridgehead atoms. The molecule has 2 nitrogen and oxygen atoms in total. The van der Waals surface area contributed by atoms with Crippen LogP contribution in [0.4, 0.5) is 4.39 Å². The van der Waals surface area contributed by atoms with E-state index in [-0.39, 0.29) is 11.3 Å². The minimum absolute atomic E-state index is 0.0851. The quantitative estimate of drug-likeness (QED) is 0.867. The van der Waals surface area contributed by atoms with E-state index >= 15 is 0 Å². The van der Waals surface area contributed by atoms with Gasteiger partial charge in [-0.05, 0) is 28.1 Å². The fraction of sp³-hybridized carbons (Fsp3) is 0.250. The predicted molar refractivity (Wildman–Crippen MR) is 51.8 cm³/mol.